The van der Waals surface area contributed by atoms with Crippen molar-refractivity contribution < 1.29 is 9.59 Å². The van der Waals surface area contributed by atoms with Crippen LogP contribution in [0, 0.1) is 0 Å². The highest BCUT2D eigenvalue weighted by Gasteiger charge is 2.20. The number of carbonyl (C=O) groups excluding carboxylic acids is 2. The van der Waals surface area contributed by atoms with Gasteiger partial charge in [0.05, 0.1) is 5.69 Å². The van der Waals surface area contributed by atoms with Crippen LogP contribution in [0.3, 0.4) is 0 Å². The lowest BCUT2D eigenvalue weighted by atomic mass is 10.2. The molecule has 0 aromatic carbocycles. The SMILES string of the molecule is Cn1ccc(C(=O)Nc2c(C(N)=O)[nH]c3ncc(Br)cc23)n1. The Kier molecular flexibility index (Phi) is 3.41. The summed E-state index contributed by atoms with van der Waals surface area (Å²) in [6.45, 7) is 0. The van der Waals surface area contributed by atoms with E-state index in [0.717, 1.165) is 0 Å². The standard InChI is InChI=1S/C13H11BrN6O2/c1-20-3-2-8(19-20)13(22)18-9-7-4-6(14)5-16-12(7)17-10(9)11(15)21/h2-5H,1H3,(H2,15,21)(H,16,17)(H,18,22). The highest BCUT2D eigenvalue weighted by Crippen LogP contribution is 2.29. The molecule has 0 spiro atoms. The van der Waals surface area contributed by atoms with E-state index in [1.165, 1.54) is 4.68 Å². The third kappa shape index (κ3) is 2.46. The predicted octanol–water partition coefficient (Wildman–Crippen LogP) is 1.41. The molecule has 0 aliphatic rings. The Morgan fingerprint density at radius 1 is 1.45 bits per heavy atom. The van der Waals surface area contributed by atoms with Gasteiger partial charge in [-0.05, 0) is 28.1 Å². The maximum Gasteiger partial charge on any atom is 0.276 e. The number of primary amides is 1. The molecule has 0 aliphatic heterocycles. The molecule has 3 aromatic heterocycles. The summed E-state index contributed by atoms with van der Waals surface area (Å²) in [6, 6.07) is 3.31. The number of hydrogen-bond acceptors (Lipinski definition) is 4. The summed E-state index contributed by atoms with van der Waals surface area (Å²) in [4.78, 5) is 30.8. The molecule has 3 heterocycles. The average molecular weight is 363 g/mol. The van der Waals surface area contributed by atoms with Gasteiger partial charge in [0, 0.05) is 29.3 Å². The Balaban J connectivity index is 2.08. The minimum absolute atomic E-state index is 0.0879. The van der Waals surface area contributed by atoms with Crippen molar-refractivity contribution in [2.45, 2.75) is 0 Å². The summed E-state index contributed by atoms with van der Waals surface area (Å²) in [6.07, 6.45) is 3.23. The minimum Gasteiger partial charge on any atom is -0.364 e. The van der Waals surface area contributed by atoms with Crippen LogP contribution in [-0.4, -0.2) is 31.6 Å². The second-order valence-electron chi connectivity index (χ2n) is 4.62. The third-order valence-corrected chi connectivity index (χ3v) is 3.48. The first kappa shape index (κ1) is 14.3. The van der Waals surface area contributed by atoms with E-state index in [9.17, 15) is 9.59 Å². The van der Waals surface area contributed by atoms with Gasteiger partial charge in [-0.15, -0.1) is 0 Å². The highest BCUT2D eigenvalue weighted by atomic mass is 79.9. The number of pyridine rings is 1. The van der Waals surface area contributed by atoms with E-state index in [0.29, 0.717) is 15.5 Å². The molecule has 0 atom stereocenters. The number of carbonyl (C=O) groups is 2. The molecular weight excluding hydrogens is 352 g/mol. The number of nitrogens with one attached hydrogen (secondary N) is 2. The summed E-state index contributed by atoms with van der Waals surface area (Å²) in [5.41, 5.74) is 6.41. The van der Waals surface area contributed by atoms with E-state index in [1.807, 2.05) is 0 Å². The maximum absolute atomic E-state index is 12.2. The van der Waals surface area contributed by atoms with Gasteiger partial charge in [0.25, 0.3) is 11.8 Å². The second-order valence-corrected chi connectivity index (χ2v) is 5.53. The van der Waals surface area contributed by atoms with Crippen LogP contribution < -0.4 is 11.1 Å². The van der Waals surface area contributed by atoms with Crippen molar-refractivity contribution in [3.8, 4) is 0 Å². The second kappa shape index (κ2) is 5.26. The summed E-state index contributed by atoms with van der Waals surface area (Å²) in [7, 11) is 1.71. The van der Waals surface area contributed by atoms with Crippen LogP contribution >= 0.6 is 15.9 Å². The van der Waals surface area contributed by atoms with E-state index in [4.69, 9.17) is 5.73 Å². The van der Waals surface area contributed by atoms with Gasteiger partial charge in [-0.25, -0.2) is 4.98 Å². The zero-order valence-corrected chi connectivity index (χ0v) is 13.0. The first-order chi connectivity index (χ1) is 10.5. The van der Waals surface area contributed by atoms with E-state index in [1.54, 1.807) is 31.6 Å². The summed E-state index contributed by atoms with van der Waals surface area (Å²) in [5, 5.41) is 7.26. The number of aromatic nitrogens is 4. The van der Waals surface area contributed by atoms with Gasteiger partial charge in [-0.3, -0.25) is 14.3 Å². The fourth-order valence-electron chi connectivity index (χ4n) is 2.07. The van der Waals surface area contributed by atoms with Crippen LogP contribution in [0.2, 0.25) is 0 Å². The smallest absolute Gasteiger partial charge is 0.276 e. The largest absolute Gasteiger partial charge is 0.364 e. The molecule has 0 fully saturated rings. The van der Waals surface area contributed by atoms with Gasteiger partial charge in [-0.1, -0.05) is 0 Å². The molecule has 9 heteroatoms. The first-order valence-electron chi connectivity index (χ1n) is 6.23. The number of halogens is 1. The number of aryl methyl sites for hydroxylation is 1. The molecule has 0 unspecified atom stereocenters. The maximum atomic E-state index is 12.2. The van der Waals surface area contributed by atoms with Crippen LogP contribution in [0.4, 0.5) is 5.69 Å². The number of hydrogen-bond donors (Lipinski definition) is 3. The van der Waals surface area contributed by atoms with Crippen molar-refractivity contribution in [2.75, 3.05) is 5.32 Å². The monoisotopic (exact) mass is 362 g/mol. The number of amides is 2. The van der Waals surface area contributed by atoms with E-state index in [-0.39, 0.29) is 17.1 Å². The Hall–Kier alpha value is -2.68. The Morgan fingerprint density at radius 2 is 2.23 bits per heavy atom. The van der Waals surface area contributed by atoms with Crippen molar-refractivity contribution >= 4 is 44.5 Å². The zero-order chi connectivity index (χ0) is 15.9. The minimum atomic E-state index is -0.689. The van der Waals surface area contributed by atoms with E-state index < -0.39 is 11.8 Å². The number of aromatic amines is 1. The quantitative estimate of drug-likeness (QED) is 0.652. The molecule has 0 saturated carbocycles. The molecule has 22 heavy (non-hydrogen) atoms. The average Bonchev–Trinajstić information content (AvgIpc) is 3.03. The number of anilines is 1. The third-order valence-electron chi connectivity index (χ3n) is 3.05. The van der Waals surface area contributed by atoms with Crippen LogP contribution in [0.5, 0.6) is 0 Å². The normalized spacial score (nSPS) is 10.8. The molecule has 3 rings (SSSR count). The van der Waals surface area contributed by atoms with Gasteiger partial charge >= 0.3 is 0 Å². The Labute approximate surface area is 132 Å². The predicted molar refractivity (Wildman–Crippen MR) is 83.5 cm³/mol. The molecule has 0 saturated heterocycles. The van der Waals surface area contributed by atoms with Crippen molar-refractivity contribution in [2.24, 2.45) is 12.8 Å². The summed E-state index contributed by atoms with van der Waals surface area (Å²) < 4.78 is 2.22. The Morgan fingerprint density at radius 3 is 2.86 bits per heavy atom. The molecule has 3 aromatic rings. The first-order valence-corrected chi connectivity index (χ1v) is 7.03. The van der Waals surface area contributed by atoms with Crippen LogP contribution in [0.25, 0.3) is 11.0 Å². The number of H-pyrrole nitrogens is 1. The molecular formula is C13H11BrN6O2. The topological polar surface area (TPSA) is 119 Å². The fourth-order valence-corrected chi connectivity index (χ4v) is 2.40. The number of rotatable bonds is 3. The van der Waals surface area contributed by atoms with E-state index in [2.05, 4.69) is 36.3 Å². The lowest BCUT2D eigenvalue weighted by Crippen LogP contribution is -2.18. The molecule has 0 aliphatic carbocycles. The number of nitrogens with zero attached hydrogens (tertiary/aromatic N) is 3. The highest BCUT2D eigenvalue weighted by molar-refractivity contribution is 9.10. The molecule has 0 bridgehead atoms. The van der Waals surface area contributed by atoms with Crippen LogP contribution in [-0.2, 0) is 7.05 Å². The van der Waals surface area contributed by atoms with Crippen LogP contribution in [0.15, 0.2) is 29.0 Å². The summed E-state index contributed by atoms with van der Waals surface area (Å²) >= 11 is 3.31. The van der Waals surface area contributed by atoms with Gasteiger partial charge in [0.2, 0.25) is 0 Å². The van der Waals surface area contributed by atoms with Crippen LogP contribution in [0.1, 0.15) is 21.0 Å². The van der Waals surface area contributed by atoms with Gasteiger partial charge in [-0.2, -0.15) is 5.10 Å². The number of nitrogens with two attached hydrogens (primary N) is 1. The fraction of sp³-hybridized carbons (Fsp3) is 0.0769. The number of fused-ring (bicyclic) bond motifs is 1. The molecule has 0 radical (unpaired) electrons. The van der Waals surface area contributed by atoms with Gasteiger partial charge < -0.3 is 16.0 Å². The van der Waals surface area contributed by atoms with Crippen molar-refractivity contribution in [3.05, 3.63) is 40.4 Å². The molecule has 2 amide bonds. The summed E-state index contributed by atoms with van der Waals surface area (Å²) in [5.74, 6) is -1.13. The lowest BCUT2D eigenvalue weighted by Gasteiger charge is -2.04. The van der Waals surface area contributed by atoms with Crippen molar-refractivity contribution in [1.82, 2.24) is 19.7 Å². The molecule has 8 nitrogen and oxygen atoms in total. The Bertz CT molecular complexity index is 897. The van der Waals surface area contributed by atoms with E-state index >= 15 is 0 Å². The van der Waals surface area contributed by atoms with Crippen molar-refractivity contribution in [3.63, 3.8) is 0 Å². The molecule has 112 valence electrons. The lowest BCUT2D eigenvalue weighted by molar-refractivity contribution is 0.0997. The van der Waals surface area contributed by atoms with Gasteiger partial charge in [0.1, 0.15) is 11.3 Å². The zero-order valence-electron chi connectivity index (χ0n) is 11.4. The van der Waals surface area contributed by atoms with Crippen molar-refractivity contribution in [1.29, 1.82) is 0 Å². The van der Waals surface area contributed by atoms with Gasteiger partial charge in [0.15, 0.2) is 5.69 Å². The molecule has 4 N–H and O–H groups in total.